The number of carbonyl (C=O) groups is 1. The van der Waals surface area contributed by atoms with Crippen LogP contribution in [0.5, 0.6) is 0 Å². The lowest BCUT2D eigenvalue weighted by Crippen LogP contribution is -2.40. The van der Waals surface area contributed by atoms with Gasteiger partial charge in [-0.25, -0.2) is 8.78 Å². The summed E-state index contributed by atoms with van der Waals surface area (Å²) >= 11 is 0. The van der Waals surface area contributed by atoms with Crippen LogP contribution in [-0.2, 0) is 9.53 Å². The topological polar surface area (TPSA) is 29.5 Å². The summed E-state index contributed by atoms with van der Waals surface area (Å²) in [5, 5.41) is 0. The normalized spacial score (nSPS) is 26.3. The molecule has 1 saturated carbocycles. The third-order valence-corrected chi connectivity index (χ3v) is 4.48. The van der Waals surface area contributed by atoms with E-state index in [0.717, 1.165) is 32.5 Å². The van der Waals surface area contributed by atoms with Crippen LogP contribution in [0.4, 0.5) is 8.78 Å². The van der Waals surface area contributed by atoms with Crippen molar-refractivity contribution in [2.24, 2.45) is 11.8 Å². The molecular formula is C14H23F2NO2. The van der Waals surface area contributed by atoms with Crippen LogP contribution in [0.25, 0.3) is 0 Å². The van der Waals surface area contributed by atoms with E-state index < -0.39 is 5.92 Å². The van der Waals surface area contributed by atoms with Crippen LogP contribution < -0.4 is 0 Å². The summed E-state index contributed by atoms with van der Waals surface area (Å²) in [6.45, 7) is 2.67. The van der Waals surface area contributed by atoms with Crippen molar-refractivity contribution in [1.29, 1.82) is 0 Å². The molecule has 1 heterocycles. The number of halogens is 2. The van der Waals surface area contributed by atoms with Gasteiger partial charge in [-0.2, -0.15) is 0 Å². The number of alkyl halides is 2. The van der Waals surface area contributed by atoms with Gasteiger partial charge in [0.25, 0.3) is 0 Å². The number of ether oxygens (including phenoxy) is 1. The zero-order chi connectivity index (χ0) is 13.9. The van der Waals surface area contributed by atoms with Crippen molar-refractivity contribution in [2.45, 2.75) is 44.4 Å². The molecule has 0 aromatic heterocycles. The van der Waals surface area contributed by atoms with Gasteiger partial charge < -0.3 is 9.64 Å². The second kappa shape index (κ2) is 6.16. The quantitative estimate of drug-likeness (QED) is 0.742. The minimum absolute atomic E-state index is 0.0249. The Balaban J connectivity index is 1.70. The maximum Gasteiger partial charge on any atom is 0.308 e. The lowest BCUT2D eigenvalue weighted by atomic mass is 9.86. The average molecular weight is 275 g/mol. The van der Waals surface area contributed by atoms with Crippen LogP contribution in [0, 0.1) is 11.8 Å². The van der Waals surface area contributed by atoms with Crippen molar-refractivity contribution in [3.05, 3.63) is 0 Å². The number of rotatable bonds is 3. The number of nitrogens with zero attached hydrogens (tertiary/aromatic N) is 1. The molecule has 1 saturated heterocycles. The van der Waals surface area contributed by atoms with Gasteiger partial charge in [-0.3, -0.25) is 4.79 Å². The molecule has 2 fully saturated rings. The molecule has 0 aromatic carbocycles. The molecule has 2 aliphatic rings. The van der Waals surface area contributed by atoms with Crippen molar-refractivity contribution in [1.82, 2.24) is 4.90 Å². The molecule has 0 aromatic rings. The van der Waals surface area contributed by atoms with Crippen LogP contribution in [0.3, 0.4) is 0 Å². The van der Waals surface area contributed by atoms with E-state index in [9.17, 15) is 13.6 Å². The van der Waals surface area contributed by atoms with Crippen LogP contribution in [0.15, 0.2) is 0 Å². The fraction of sp³-hybridized carbons (Fsp3) is 0.929. The lowest BCUT2D eigenvalue weighted by Gasteiger charge is -2.35. The standard InChI is InChI=1S/C14H23F2NO2/c1-19-13(18)12-4-8-17(9-5-12)10-11-2-6-14(15,16)7-3-11/h11-12H,2-10H2,1H3. The highest BCUT2D eigenvalue weighted by molar-refractivity contribution is 5.72. The van der Waals surface area contributed by atoms with Crippen LogP contribution in [0.1, 0.15) is 38.5 Å². The Labute approximate surface area is 113 Å². The molecule has 3 nitrogen and oxygen atoms in total. The molecule has 2 rings (SSSR count). The molecule has 0 radical (unpaired) electrons. The van der Waals surface area contributed by atoms with Gasteiger partial charge in [0, 0.05) is 19.4 Å². The van der Waals surface area contributed by atoms with Gasteiger partial charge in [0.05, 0.1) is 13.0 Å². The molecule has 0 spiro atoms. The summed E-state index contributed by atoms with van der Waals surface area (Å²) in [6.07, 6.45) is 2.99. The Morgan fingerprint density at radius 3 is 2.32 bits per heavy atom. The Bertz CT molecular complexity index is 305. The van der Waals surface area contributed by atoms with Gasteiger partial charge in [0.15, 0.2) is 0 Å². The van der Waals surface area contributed by atoms with Crippen molar-refractivity contribution in [3.63, 3.8) is 0 Å². The van der Waals surface area contributed by atoms with E-state index in [1.165, 1.54) is 7.11 Å². The summed E-state index contributed by atoms with van der Waals surface area (Å²) < 4.78 is 30.9. The monoisotopic (exact) mass is 275 g/mol. The Kier molecular flexibility index (Phi) is 4.76. The van der Waals surface area contributed by atoms with Gasteiger partial charge in [-0.15, -0.1) is 0 Å². The Hall–Kier alpha value is -0.710. The van der Waals surface area contributed by atoms with Crippen molar-refractivity contribution < 1.29 is 18.3 Å². The Morgan fingerprint density at radius 2 is 1.79 bits per heavy atom. The molecule has 0 atom stereocenters. The van der Waals surface area contributed by atoms with E-state index >= 15 is 0 Å². The zero-order valence-corrected chi connectivity index (χ0v) is 11.5. The first-order chi connectivity index (χ1) is 9.00. The van der Waals surface area contributed by atoms with E-state index in [-0.39, 0.29) is 24.7 Å². The third-order valence-electron chi connectivity index (χ3n) is 4.48. The first kappa shape index (κ1) is 14.7. The summed E-state index contributed by atoms with van der Waals surface area (Å²) in [4.78, 5) is 13.7. The predicted molar refractivity (Wildman–Crippen MR) is 68.1 cm³/mol. The minimum atomic E-state index is -2.44. The number of esters is 1. The smallest absolute Gasteiger partial charge is 0.308 e. The third kappa shape index (κ3) is 4.13. The molecule has 0 unspecified atom stereocenters. The number of piperidine rings is 1. The largest absolute Gasteiger partial charge is 0.469 e. The molecule has 1 aliphatic heterocycles. The first-order valence-corrected chi connectivity index (χ1v) is 7.18. The van der Waals surface area contributed by atoms with E-state index in [2.05, 4.69) is 4.90 Å². The number of hydrogen-bond donors (Lipinski definition) is 0. The number of hydrogen-bond acceptors (Lipinski definition) is 3. The van der Waals surface area contributed by atoms with E-state index in [1.807, 2.05) is 0 Å². The fourth-order valence-electron chi connectivity index (χ4n) is 3.17. The van der Waals surface area contributed by atoms with Crippen LogP contribution in [0.2, 0.25) is 0 Å². The van der Waals surface area contributed by atoms with E-state index in [4.69, 9.17) is 4.74 Å². The molecular weight excluding hydrogens is 252 g/mol. The highest BCUT2D eigenvalue weighted by Gasteiger charge is 2.36. The molecule has 0 N–H and O–H groups in total. The van der Waals surface area contributed by atoms with Crippen molar-refractivity contribution >= 4 is 5.97 Å². The SMILES string of the molecule is COC(=O)C1CCN(CC2CCC(F)(F)CC2)CC1. The highest BCUT2D eigenvalue weighted by Crippen LogP contribution is 2.36. The lowest BCUT2D eigenvalue weighted by molar-refractivity contribution is -0.147. The summed E-state index contributed by atoms with van der Waals surface area (Å²) in [5.41, 5.74) is 0. The molecule has 5 heteroatoms. The minimum Gasteiger partial charge on any atom is -0.469 e. The molecule has 0 bridgehead atoms. The average Bonchev–Trinajstić information content (AvgIpc) is 2.41. The number of carbonyl (C=O) groups excluding carboxylic acids is 1. The van der Waals surface area contributed by atoms with Gasteiger partial charge in [0.2, 0.25) is 5.92 Å². The van der Waals surface area contributed by atoms with Gasteiger partial charge in [-0.1, -0.05) is 0 Å². The Morgan fingerprint density at radius 1 is 1.21 bits per heavy atom. The molecule has 1 aliphatic carbocycles. The van der Waals surface area contributed by atoms with Gasteiger partial charge in [0.1, 0.15) is 0 Å². The molecule has 0 amide bonds. The second-order valence-corrected chi connectivity index (χ2v) is 5.90. The molecule has 110 valence electrons. The molecule has 19 heavy (non-hydrogen) atoms. The van der Waals surface area contributed by atoms with Crippen LogP contribution >= 0.6 is 0 Å². The summed E-state index contributed by atoms with van der Waals surface area (Å²) in [6, 6.07) is 0. The maximum atomic E-state index is 13.1. The number of likely N-dealkylation sites (tertiary alicyclic amines) is 1. The van der Waals surface area contributed by atoms with Crippen molar-refractivity contribution in [3.8, 4) is 0 Å². The maximum absolute atomic E-state index is 13.1. The van der Waals surface area contributed by atoms with Gasteiger partial charge >= 0.3 is 5.97 Å². The fourth-order valence-corrected chi connectivity index (χ4v) is 3.17. The van der Waals surface area contributed by atoms with Crippen molar-refractivity contribution in [2.75, 3.05) is 26.7 Å². The number of methoxy groups -OCH3 is 1. The summed E-state index contributed by atoms with van der Waals surface area (Å²) in [5.74, 6) is -2.13. The highest BCUT2D eigenvalue weighted by atomic mass is 19.3. The van der Waals surface area contributed by atoms with E-state index in [0.29, 0.717) is 18.8 Å². The van der Waals surface area contributed by atoms with Crippen LogP contribution in [-0.4, -0.2) is 43.5 Å². The van der Waals surface area contributed by atoms with E-state index in [1.54, 1.807) is 0 Å². The predicted octanol–water partition coefficient (Wildman–Crippen LogP) is 2.70. The second-order valence-electron chi connectivity index (χ2n) is 5.90. The zero-order valence-electron chi connectivity index (χ0n) is 11.5. The van der Waals surface area contributed by atoms with Gasteiger partial charge in [-0.05, 0) is 44.7 Å². The summed E-state index contributed by atoms with van der Waals surface area (Å²) in [7, 11) is 1.43. The first-order valence-electron chi connectivity index (χ1n) is 7.18.